The third-order valence-corrected chi connectivity index (χ3v) is 11.4. The van der Waals surface area contributed by atoms with Crippen LogP contribution in [0.3, 0.4) is 0 Å². The van der Waals surface area contributed by atoms with E-state index >= 15 is 0 Å². The SMILES string of the molecule is C.C.C.Cc1cc(/C=C/C#N)cc(C)c1Nc1nc(Nc2ccc(C#N)cc2)ncc1N.O=Cc1ccco1.O=[N+]([O-])c1ccccc1.[C-]#[N+]/C=C/c1cc(C)c(-n2c(-c3ccco3)nc3cnc(Nc4ccc(C#N)cc4)nc32)c(C)c1. The van der Waals surface area contributed by atoms with Gasteiger partial charge in [0.15, 0.2) is 41.3 Å². The van der Waals surface area contributed by atoms with Crippen LogP contribution in [0.2, 0.25) is 0 Å². The molecular formula is C63H59N15O5. The van der Waals surface area contributed by atoms with Gasteiger partial charge in [0, 0.05) is 35.3 Å². The van der Waals surface area contributed by atoms with Gasteiger partial charge in [-0.3, -0.25) is 19.5 Å². The largest absolute Gasteiger partial charge is 0.462 e. The molecule has 0 saturated heterocycles. The van der Waals surface area contributed by atoms with E-state index in [1.165, 1.54) is 36.9 Å². The van der Waals surface area contributed by atoms with Crippen molar-refractivity contribution in [2.45, 2.75) is 50.0 Å². The van der Waals surface area contributed by atoms with Gasteiger partial charge in [-0.25, -0.2) is 19.8 Å². The van der Waals surface area contributed by atoms with Gasteiger partial charge in [-0.1, -0.05) is 58.7 Å². The molecule has 5 heterocycles. The number of aromatic nitrogens is 6. The fourth-order valence-electron chi connectivity index (χ4n) is 7.80. The Hall–Kier alpha value is -12.0. The number of non-ortho nitro benzene ring substituents is 1. The Labute approximate surface area is 481 Å². The Balaban J connectivity index is 0.000000275. The summed E-state index contributed by atoms with van der Waals surface area (Å²) in [5.41, 5.74) is 18.3. The van der Waals surface area contributed by atoms with E-state index in [1.807, 2.05) is 74.7 Å². The molecule has 5 aromatic heterocycles. The Morgan fingerprint density at radius 1 is 0.687 bits per heavy atom. The summed E-state index contributed by atoms with van der Waals surface area (Å²) in [7, 11) is 0. The lowest BCUT2D eigenvalue weighted by molar-refractivity contribution is -0.384. The van der Waals surface area contributed by atoms with Gasteiger partial charge >= 0.3 is 0 Å². The van der Waals surface area contributed by atoms with Gasteiger partial charge in [0.2, 0.25) is 11.9 Å². The van der Waals surface area contributed by atoms with Crippen LogP contribution in [-0.4, -0.2) is 40.7 Å². The minimum absolute atomic E-state index is 0. The highest BCUT2D eigenvalue weighted by Gasteiger charge is 2.21. The summed E-state index contributed by atoms with van der Waals surface area (Å²) in [5.74, 6) is 2.88. The van der Waals surface area contributed by atoms with Crippen molar-refractivity contribution in [2.75, 3.05) is 21.7 Å². The summed E-state index contributed by atoms with van der Waals surface area (Å²) in [5, 5.41) is 46.2. The maximum absolute atomic E-state index is 10.0. The second-order valence-corrected chi connectivity index (χ2v) is 17.1. The molecule has 0 aliphatic heterocycles. The minimum atomic E-state index is -0.417. The maximum Gasteiger partial charge on any atom is 0.269 e. The molecule has 10 rings (SSSR count). The Bertz CT molecular complexity index is 3970. The predicted molar refractivity (Wildman–Crippen MR) is 326 cm³/mol. The van der Waals surface area contributed by atoms with Gasteiger partial charge in [0.05, 0.1) is 77.1 Å². The van der Waals surface area contributed by atoms with Gasteiger partial charge in [0.1, 0.15) is 5.52 Å². The number of rotatable bonds is 12. The van der Waals surface area contributed by atoms with Gasteiger partial charge in [-0.15, -0.1) is 0 Å². The number of allylic oxidation sites excluding steroid dienone is 1. The number of imidazole rings is 1. The van der Waals surface area contributed by atoms with Crippen molar-refractivity contribution in [2.24, 2.45) is 0 Å². The molecule has 83 heavy (non-hydrogen) atoms. The molecular weight excluding hydrogens is 1050 g/mol. The number of carbonyl (C=O) groups excluding carboxylic acids is 1. The third kappa shape index (κ3) is 17.0. The number of para-hydroxylation sites is 1. The highest BCUT2D eigenvalue weighted by Crippen LogP contribution is 2.33. The zero-order chi connectivity index (χ0) is 57.0. The van der Waals surface area contributed by atoms with Crippen molar-refractivity contribution in [3.63, 3.8) is 0 Å². The zero-order valence-electron chi connectivity index (χ0n) is 43.4. The molecule has 10 aromatic rings. The van der Waals surface area contributed by atoms with E-state index in [-0.39, 0.29) is 28.0 Å². The smallest absolute Gasteiger partial charge is 0.269 e. The van der Waals surface area contributed by atoms with Crippen LogP contribution in [0.4, 0.5) is 46.2 Å². The number of nitro groups is 1. The van der Waals surface area contributed by atoms with E-state index in [0.29, 0.717) is 69.3 Å². The van der Waals surface area contributed by atoms with E-state index < -0.39 is 4.92 Å². The molecule has 0 radical (unpaired) electrons. The molecule has 0 fully saturated rings. The number of nitrogens with two attached hydrogens (primary N) is 1. The van der Waals surface area contributed by atoms with Crippen molar-refractivity contribution in [1.29, 1.82) is 15.8 Å². The normalized spacial score (nSPS) is 9.93. The molecule has 5 N–H and O–H groups in total. The molecule has 5 aromatic carbocycles. The van der Waals surface area contributed by atoms with Crippen molar-refractivity contribution in [3.8, 4) is 35.5 Å². The summed E-state index contributed by atoms with van der Waals surface area (Å²) in [6.45, 7) is 15.0. The average Bonchev–Trinajstić information content (AvgIpc) is 4.36. The topological polar surface area (TPSA) is 294 Å². The number of carbonyl (C=O) groups is 1. The van der Waals surface area contributed by atoms with Crippen LogP contribution >= 0.6 is 0 Å². The summed E-state index contributed by atoms with van der Waals surface area (Å²) in [6, 6.07) is 43.2. The Morgan fingerprint density at radius 2 is 1.24 bits per heavy atom. The predicted octanol–water partition coefficient (Wildman–Crippen LogP) is 15.4. The number of nitrogen functional groups attached to an aromatic ring is 1. The summed E-state index contributed by atoms with van der Waals surface area (Å²) in [4.78, 5) is 45.4. The first-order chi connectivity index (χ1) is 38.8. The first-order valence-electron chi connectivity index (χ1n) is 24.0. The molecule has 20 heteroatoms. The monoisotopic (exact) mass is 1110 g/mol. The fraction of sp³-hybridized carbons (Fsp3) is 0.111. The second-order valence-electron chi connectivity index (χ2n) is 17.1. The second kappa shape index (κ2) is 30.8. The number of fused-ring (bicyclic) bond motifs is 1. The number of nitriles is 3. The van der Waals surface area contributed by atoms with Crippen LogP contribution in [0, 0.1) is 78.4 Å². The lowest BCUT2D eigenvalue weighted by atomic mass is 10.0. The first-order valence-corrected chi connectivity index (χ1v) is 24.0. The molecule has 0 aliphatic carbocycles. The highest BCUT2D eigenvalue weighted by molar-refractivity contribution is 5.81. The van der Waals surface area contributed by atoms with E-state index in [1.54, 1.807) is 103 Å². The zero-order valence-corrected chi connectivity index (χ0v) is 43.4. The Morgan fingerprint density at radius 3 is 1.73 bits per heavy atom. The molecule has 0 aliphatic rings. The molecule has 20 nitrogen and oxygen atoms in total. The van der Waals surface area contributed by atoms with E-state index in [4.69, 9.17) is 42.5 Å². The lowest BCUT2D eigenvalue weighted by Gasteiger charge is -2.15. The number of hydrogen-bond acceptors (Lipinski definition) is 17. The molecule has 0 unspecified atom stereocenters. The number of aldehydes is 1. The molecule has 0 atom stereocenters. The van der Waals surface area contributed by atoms with Crippen LogP contribution in [-0.2, 0) is 0 Å². The highest BCUT2D eigenvalue weighted by atomic mass is 16.6. The average molecular weight is 1110 g/mol. The number of anilines is 7. The number of furan rings is 2. The molecule has 0 saturated carbocycles. The number of nitro benzene ring substituents is 1. The lowest BCUT2D eigenvalue weighted by Crippen LogP contribution is -2.06. The van der Waals surface area contributed by atoms with E-state index in [2.05, 4.69) is 52.3 Å². The van der Waals surface area contributed by atoms with Crippen molar-refractivity contribution < 1.29 is 18.6 Å². The first kappa shape index (κ1) is 63.5. The molecule has 0 bridgehead atoms. The number of nitrogens with one attached hydrogen (secondary N) is 3. The maximum atomic E-state index is 10.0. The van der Waals surface area contributed by atoms with Crippen LogP contribution in [0.1, 0.15) is 77.3 Å². The number of nitrogens with zero attached hydrogens (tertiary/aromatic N) is 11. The van der Waals surface area contributed by atoms with Crippen LogP contribution in [0.15, 0.2) is 173 Å². The van der Waals surface area contributed by atoms with Crippen molar-refractivity contribution in [1.82, 2.24) is 29.5 Å². The van der Waals surface area contributed by atoms with Gasteiger partial charge in [-0.05, 0) is 152 Å². The standard InChI is InChI=1S/C27H19N7O.C22H19N7.C6H5NO2.C5H4O2.3CH4/c1-17-13-20(10-11-29-3)14-18(2)24(17)34-25-22(32-26(34)23-5-4-12-35-23)16-30-27(33-25)31-21-8-6-19(15-28)7-9-21;1-14-10-17(4-3-9-23)11-15(2)20(14)28-21-19(25)13-26-22(29-21)27-18-7-5-16(12-24)6-8-18;8-7(9)6-4-2-1-3-5-6;6-4-5-2-1-3-7-5;;;/h4-14,16H,1-2H3,(H,30,31,33);3-8,10-11,13H,25H2,1-2H3,(H2,26,27,28,29);1-5H;1-4H;3*1H4/b11-10+;4-3+;;;;;. The summed E-state index contributed by atoms with van der Waals surface area (Å²) in [6.07, 6.45) is 13.4. The van der Waals surface area contributed by atoms with Gasteiger partial charge < -0.3 is 30.5 Å². The van der Waals surface area contributed by atoms with Crippen LogP contribution in [0.25, 0.3) is 45.4 Å². The van der Waals surface area contributed by atoms with Gasteiger partial charge in [0.25, 0.3) is 5.69 Å². The summed E-state index contributed by atoms with van der Waals surface area (Å²) >= 11 is 0. The fourth-order valence-corrected chi connectivity index (χ4v) is 7.80. The molecule has 0 amide bonds. The third-order valence-electron chi connectivity index (χ3n) is 11.4. The molecule has 416 valence electrons. The molecule has 0 spiro atoms. The van der Waals surface area contributed by atoms with Crippen LogP contribution in [0.5, 0.6) is 0 Å². The van der Waals surface area contributed by atoms with Crippen molar-refractivity contribution >= 4 is 75.8 Å². The van der Waals surface area contributed by atoms with Crippen molar-refractivity contribution in [3.05, 3.63) is 236 Å². The number of aryl methyl sites for hydroxylation is 4. The quantitative estimate of drug-likeness (QED) is 0.0290. The summed E-state index contributed by atoms with van der Waals surface area (Å²) < 4.78 is 12.3. The van der Waals surface area contributed by atoms with Gasteiger partial charge in [-0.2, -0.15) is 25.8 Å². The number of benzene rings is 5. The minimum Gasteiger partial charge on any atom is -0.462 e. The van der Waals surface area contributed by atoms with E-state index in [0.717, 1.165) is 56.1 Å². The van der Waals surface area contributed by atoms with Crippen LogP contribution < -0.4 is 21.7 Å². The number of hydrogen-bond donors (Lipinski definition) is 4. The Kier molecular flexibility index (Phi) is 23.6. The van der Waals surface area contributed by atoms with E-state index in [9.17, 15) is 14.9 Å².